The Morgan fingerprint density at radius 1 is 1.58 bits per heavy atom. The molecule has 0 fully saturated rings. The number of carbonyl (C=O) groups is 2. The number of amides is 2. The lowest BCUT2D eigenvalue weighted by Crippen LogP contribution is -2.42. The Balaban J connectivity index is 2.26. The van der Waals surface area contributed by atoms with Gasteiger partial charge in [0.05, 0.1) is 11.4 Å². The number of azide groups is 1. The van der Waals surface area contributed by atoms with Crippen molar-refractivity contribution in [1.82, 2.24) is 0 Å². The lowest BCUT2D eigenvalue weighted by Gasteiger charge is -2.29. The van der Waals surface area contributed by atoms with Gasteiger partial charge < -0.3 is 10.2 Å². The molecule has 1 aliphatic heterocycles. The van der Waals surface area contributed by atoms with E-state index in [1.54, 1.807) is 6.07 Å². The van der Waals surface area contributed by atoms with Crippen LogP contribution in [0.25, 0.3) is 10.4 Å². The molecule has 2 rings (SSSR count). The van der Waals surface area contributed by atoms with Crippen LogP contribution in [-0.4, -0.2) is 24.9 Å². The van der Waals surface area contributed by atoms with E-state index in [1.807, 2.05) is 19.1 Å². The molecule has 98 valence electrons. The largest absolute Gasteiger partial charge is 0.323 e. The van der Waals surface area contributed by atoms with Crippen molar-refractivity contribution in [3.05, 3.63) is 34.2 Å². The van der Waals surface area contributed by atoms with Gasteiger partial charge >= 0.3 is 0 Å². The van der Waals surface area contributed by atoms with Crippen molar-refractivity contribution in [2.75, 3.05) is 23.3 Å². The maximum Gasteiger partial charge on any atom is 0.244 e. The Morgan fingerprint density at radius 2 is 2.37 bits per heavy atom. The highest BCUT2D eigenvalue weighted by atomic mass is 16.2. The third-order valence-corrected chi connectivity index (χ3v) is 2.81. The molecule has 0 saturated heterocycles. The number of rotatable bonds is 3. The molecule has 2 amide bonds. The van der Waals surface area contributed by atoms with E-state index < -0.39 is 0 Å². The van der Waals surface area contributed by atoms with Crippen LogP contribution in [0.15, 0.2) is 23.3 Å². The summed E-state index contributed by atoms with van der Waals surface area (Å²) < 4.78 is 0. The van der Waals surface area contributed by atoms with E-state index in [9.17, 15) is 9.59 Å². The number of nitrogens with one attached hydrogen (secondary N) is 1. The Bertz CT molecular complexity index is 577. The number of benzene rings is 1. The second-order valence-electron chi connectivity index (χ2n) is 4.25. The SMILES string of the molecule is Cc1ccc2c(c1)N(C(=O)CCN=[N+]=[N-])CC(=O)N2. The minimum absolute atomic E-state index is 0.00838. The van der Waals surface area contributed by atoms with Crippen LogP contribution in [0.2, 0.25) is 0 Å². The van der Waals surface area contributed by atoms with Crippen molar-refractivity contribution in [2.24, 2.45) is 5.11 Å². The smallest absolute Gasteiger partial charge is 0.244 e. The number of fused-ring (bicyclic) bond motifs is 1. The minimum Gasteiger partial charge on any atom is -0.323 e. The number of carbonyl (C=O) groups excluding carboxylic acids is 2. The molecule has 1 aromatic carbocycles. The fourth-order valence-corrected chi connectivity index (χ4v) is 1.94. The van der Waals surface area contributed by atoms with E-state index in [-0.39, 0.29) is 31.3 Å². The second kappa shape index (κ2) is 5.41. The van der Waals surface area contributed by atoms with E-state index in [0.717, 1.165) is 5.56 Å². The predicted octanol–water partition coefficient (Wildman–Crippen LogP) is 1.98. The van der Waals surface area contributed by atoms with Crippen LogP contribution in [0.3, 0.4) is 0 Å². The number of hydrogen-bond acceptors (Lipinski definition) is 3. The lowest BCUT2D eigenvalue weighted by molar-refractivity contribution is -0.121. The predicted molar refractivity (Wildman–Crippen MR) is 70.8 cm³/mol. The van der Waals surface area contributed by atoms with E-state index in [1.165, 1.54) is 4.90 Å². The highest BCUT2D eigenvalue weighted by molar-refractivity contribution is 6.10. The standard InChI is InChI=1S/C12H13N5O2/c1-8-2-3-9-10(6-8)17(7-11(18)15-9)12(19)4-5-14-16-13/h2-3,6H,4-5,7H2,1H3,(H,15,18). The van der Waals surface area contributed by atoms with E-state index in [2.05, 4.69) is 15.3 Å². The number of hydrogen-bond donors (Lipinski definition) is 1. The van der Waals surface area contributed by atoms with Gasteiger partial charge in [-0.2, -0.15) is 0 Å². The topological polar surface area (TPSA) is 98.2 Å². The van der Waals surface area contributed by atoms with Gasteiger partial charge in [-0.05, 0) is 30.2 Å². The van der Waals surface area contributed by atoms with Gasteiger partial charge in [-0.3, -0.25) is 9.59 Å². The summed E-state index contributed by atoms with van der Waals surface area (Å²) in [6.07, 6.45) is 0.0880. The highest BCUT2D eigenvalue weighted by Gasteiger charge is 2.26. The number of nitrogens with zero attached hydrogens (tertiary/aromatic N) is 4. The zero-order valence-electron chi connectivity index (χ0n) is 10.5. The van der Waals surface area contributed by atoms with Gasteiger partial charge in [-0.15, -0.1) is 0 Å². The van der Waals surface area contributed by atoms with Gasteiger partial charge in [0, 0.05) is 17.9 Å². The Kier molecular flexibility index (Phi) is 3.68. The van der Waals surface area contributed by atoms with Gasteiger partial charge in [-0.1, -0.05) is 11.2 Å². The molecule has 0 aliphatic carbocycles. The molecule has 0 aromatic heterocycles. The summed E-state index contributed by atoms with van der Waals surface area (Å²) in [6.45, 7) is 2.00. The van der Waals surface area contributed by atoms with E-state index in [0.29, 0.717) is 11.4 Å². The zero-order chi connectivity index (χ0) is 13.8. The molecule has 19 heavy (non-hydrogen) atoms. The molecule has 1 aliphatic rings. The molecule has 7 heteroatoms. The molecule has 0 atom stereocenters. The molecule has 7 nitrogen and oxygen atoms in total. The zero-order valence-corrected chi connectivity index (χ0v) is 10.5. The first kappa shape index (κ1) is 12.9. The molecule has 0 spiro atoms. The fraction of sp³-hybridized carbons (Fsp3) is 0.333. The van der Waals surface area contributed by atoms with Crippen LogP contribution >= 0.6 is 0 Å². The number of anilines is 2. The highest BCUT2D eigenvalue weighted by Crippen LogP contribution is 2.30. The van der Waals surface area contributed by atoms with Gasteiger partial charge in [0.1, 0.15) is 6.54 Å². The molecule has 1 heterocycles. The van der Waals surface area contributed by atoms with Crippen molar-refractivity contribution < 1.29 is 9.59 Å². The normalized spacial score (nSPS) is 13.3. The summed E-state index contributed by atoms with van der Waals surface area (Å²) in [5, 5.41) is 6.06. The van der Waals surface area contributed by atoms with Crippen molar-refractivity contribution in [3.63, 3.8) is 0 Å². The van der Waals surface area contributed by atoms with Crippen LogP contribution in [0.5, 0.6) is 0 Å². The molecule has 0 saturated carbocycles. The van der Waals surface area contributed by atoms with Crippen molar-refractivity contribution >= 4 is 23.2 Å². The maximum absolute atomic E-state index is 12.1. The molecule has 1 aromatic rings. The first-order valence-electron chi connectivity index (χ1n) is 5.83. The summed E-state index contributed by atoms with van der Waals surface area (Å²) in [4.78, 5) is 27.6. The first-order chi connectivity index (χ1) is 9.11. The monoisotopic (exact) mass is 259 g/mol. The van der Waals surface area contributed by atoms with Crippen molar-refractivity contribution in [3.8, 4) is 0 Å². The average Bonchev–Trinajstić information content (AvgIpc) is 2.38. The maximum atomic E-state index is 12.1. The van der Waals surface area contributed by atoms with Crippen LogP contribution in [0, 0.1) is 6.92 Å². The molecule has 0 radical (unpaired) electrons. The van der Waals surface area contributed by atoms with Crippen LogP contribution in [-0.2, 0) is 9.59 Å². The molecular weight excluding hydrogens is 246 g/mol. The van der Waals surface area contributed by atoms with E-state index in [4.69, 9.17) is 5.53 Å². The van der Waals surface area contributed by atoms with Gasteiger partial charge in [0.25, 0.3) is 0 Å². The van der Waals surface area contributed by atoms with Crippen LogP contribution < -0.4 is 10.2 Å². The molecular formula is C12H13N5O2. The molecule has 1 N–H and O–H groups in total. The van der Waals surface area contributed by atoms with Gasteiger partial charge in [0.2, 0.25) is 11.8 Å². The third kappa shape index (κ3) is 2.83. The van der Waals surface area contributed by atoms with Crippen LogP contribution in [0.1, 0.15) is 12.0 Å². The summed E-state index contributed by atoms with van der Waals surface area (Å²) in [5.41, 5.74) is 10.5. The van der Waals surface area contributed by atoms with Gasteiger partial charge in [-0.25, -0.2) is 0 Å². The summed E-state index contributed by atoms with van der Waals surface area (Å²) in [5.74, 6) is -0.456. The van der Waals surface area contributed by atoms with Crippen molar-refractivity contribution in [1.29, 1.82) is 0 Å². The minimum atomic E-state index is -0.228. The number of aryl methyl sites for hydroxylation is 1. The summed E-state index contributed by atoms with van der Waals surface area (Å²) >= 11 is 0. The average molecular weight is 259 g/mol. The van der Waals surface area contributed by atoms with Gasteiger partial charge in [0.15, 0.2) is 0 Å². The summed E-state index contributed by atoms with van der Waals surface area (Å²) in [7, 11) is 0. The Morgan fingerprint density at radius 3 is 3.11 bits per heavy atom. The molecule has 0 unspecified atom stereocenters. The summed E-state index contributed by atoms with van der Waals surface area (Å²) in [6, 6.07) is 5.49. The quantitative estimate of drug-likeness (QED) is 0.510. The van der Waals surface area contributed by atoms with Crippen molar-refractivity contribution in [2.45, 2.75) is 13.3 Å². The Hall–Kier alpha value is -2.53. The van der Waals surface area contributed by atoms with Crippen LogP contribution in [0.4, 0.5) is 11.4 Å². The molecule has 0 bridgehead atoms. The lowest BCUT2D eigenvalue weighted by atomic mass is 10.1. The fourth-order valence-electron chi connectivity index (χ4n) is 1.94. The second-order valence-corrected chi connectivity index (χ2v) is 4.25. The third-order valence-electron chi connectivity index (χ3n) is 2.81. The Labute approximate surface area is 109 Å². The van der Waals surface area contributed by atoms with E-state index >= 15 is 0 Å². The first-order valence-corrected chi connectivity index (χ1v) is 5.83.